The molecular weight excluding hydrogens is 346 g/mol. The van der Waals surface area contributed by atoms with E-state index in [1.165, 1.54) is 10.4 Å². The number of hydrogen-bond acceptors (Lipinski definition) is 6. The van der Waals surface area contributed by atoms with Gasteiger partial charge in [-0.1, -0.05) is 30.3 Å². The summed E-state index contributed by atoms with van der Waals surface area (Å²) in [5, 5.41) is 1.03. The fourth-order valence-electron chi connectivity index (χ4n) is 4.09. The van der Waals surface area contributed by atoms with Crippen molar-refractivity contribution in [1.29, 1.82) is 0 Å². The lowest BCUT2D eigenvalue weighted by Gasteiger charge is -2.30. The summed E-state index contributed by atoms with van der Waals surface area (Å²) in [7, 11) is 0. The molecule has 4 heterocycles. The zero-order chi connectivity index (χ0) is 17.7. The van der Waals surface area contributed by atoms with Gasteiger partial charge in [0.1, 0.15) is 22.5 Å². The second-order valence-corrected chi connectivity index (χ2v) is 7.96. The summed E-state index contributed by atoms with van der Waals surface area (Å²) in [4.78, 5) is 26.1. The number of carbonyl (C=O) groups excluding carboxylic acids is 1. The average Bonchev–Trinajstić information content (AvgIpc) is 3.27. The molecule has 2 atom stereocenters. The van der Waals surface area contributed by atoms with Crippen LogP contribution in [-0.2, 0) is 9.53 Å². The molecule has 26 heavy (non-hydrogen) atoms. The Kier molecular flexibility index (Phi) is 3.67. The number of fused-ring (bicyclic) bond motifs is 2. The van der Waals surface area contributed by atoms with Crippen molar-refractivity contribution in [3.63, 3.8) is 0 Å². The van der Waals surface area contributed by atoms with Gasteiger partial charge in [0.25, 0.3) is 0 Å². The quantitative estimate of drug-likeness (QED) is 0.647. The zero-order valence-corrected chi connectivity index (χ0v) is 15.3. The Morgan fingerprint density at radius 1 is 1.19 bits per heavy atom. The molecule has 6 heteroatoms. The van der Waals surface area contributed by atoms with Crippen LogP contribution in [0.4, 0.5) is 5.82 Å². The number of hydrogen-bond donors (Lipinski definition) is 0. The lowest BCUT2D eigenvalue weighted by Crippen LogP contribution is -2.44. The summed E-state index contributed by atoms with van der Waals surface area (Å²) in [6.07, 6.45) is 1.96. The van der Waals surface area contributed by atoms with E-state index in [2.05, 4.69) is 28.1 Å². The van der Waals surface area contributed by atoms with Gasteiger partial charge in [-0.2, -0.15) is 0 Å². The number of esters is 1. The van der Waals surface area contributed by atoms with Gasteiger partial charge < -0.3 is 9.64 Å². The third-order valence-corrected chi connectivity index (χ3v) is 6.39. The van der Waals surface area contributed by atoms with Crippen molar-refractivity contribution in [2.45, 2.75) is 25.8 Å². The SMILES string of the molecule is Cc1nc(N2CCC3CCOC(=O)C32)c2cc(-c3ccccc3)sc2n1. The van der Waals surface area contributed by atoms with E-state index in [1.54, 1.807) is 11.3 Å². The maximum atomic E-state index is 12.4. The summed E-state index contributed by atoms with van der Waals surface area (Å²) >= 11 is 1.67. The predicted molar refractivity (Wildman–Crippen MR) is 102 cm³/mol. The highest BCUT2D eigenvalue weighted by atomic mass is 32.1. The summed E-state index contributed by atoms with van der Waals surface area (Å²) in [5.74, 6) is 1.87. The number of nitrogens with zero attached hydrogens (tertiary/aromatic N) is 3. The summed E-state index contributed by atoms with van der Waals surface area (Å²) < 4.78 is 5.34. The molecule has 2 aliphatic rings. The Hall–Kier alpha value is -2.47. The van der Waals surface area contributed by atoms with Gasteiger partial charge in [-0.3, -0.25) is 0 Å². The third-order valence-electron chi connectivity index (χ3n) is 5.31. The van der Waals surface area contributed by atoms with Gasteiger partial charge in [-0.15, -0.1) is 11.3 Å². The Morgan fingerprint density at radius 2 is 2.04 bits per heavy atom. The fourth-order valence-corrected chi connectivity index (χ4v) is 5.16. The molecule has 2 unspecified atom stereocenters. The van der Waals surface area contributed by atoms with Crippen LogP contribution in [-0.4, -0.2) is 35.1 Å². The second-order valence-electron chi connectivity index (χ2n) is 6.93. The average molecular weight is 365 g/mol. The number of ether oxygens (including phenoxy) is 1. The molecule has 0 bridgehead atoms. The van der Waals surface area contributed by atoms with Gasteiger partial charge in [-0.25, -0.2) is 14.8 Å². The number of carbonyl (C=O) groups is 1. The largest absolute Gasteiger partial charge is 0.464 e. The predicted octanol–water partition coefficient (Wildman–Crippen LogP) is 3.81. The van der Waals surface area contributed by atoms with Gasteiger partial charge in [0, 0.05) is 11.4 Å². The topological polar surface area (TPSA) is 55.3 Å². The molecule has 2 aliphatic heterocycles. The Morgan fingerprint density at radius 3 is 2.88 bits per heavy atom. The van der Waals surface area contributed by atoms with E-state index in [0.717, 1.165) is 41.2 Å². The number of aromatic nitrogens is 2. The Bertz CT molecular complexity index is 985. The highest BCUT2D eigenvalue weighted by Crippen LogP contribution is 2.41. The Balaban J connectivity index is 1.63. The van der Waals surface area contributed by atoms with Crippen LogP contribution in [0.5, 0.6) is 0 Å². The summed E-state index contributed by atoms with van der Waals surface area (Å²) in [5.41, 5.74) is 1.18. The molecule has 1 aromatic carbocycles. The number of benzene rings is 1. The number of rotatable bonds is 2. The van der Waals surface area contributed by atoms with E-state index in [4.69, 9.17) is 9.72 Å². The standard InChI is InChI=1S/C20H19N3O2S/c1-12-21-18(23-9-7-14-8-10-25-20(24)17(14)23)15-11-16(26-19(15)22-12)13-5-3-2-4-6-13/h2-6,11,14,17H,7-10H2,1H3. The normalized spacial score (nSPS) is 22.5. The van der Waals surface area contributed by atoms with E-state index in [-0.39, 0.29) is 12.0 Å². The molecule has 5 rings (SSSR count). The van der Waals surface area contributed by atoms with Gasteiger partial charge in [0.05, 0.1) is 12.0 Å². The first-order valence-electron chi connectivity index (χ1n) is 8.97. The highest BCUT2D eigenvalue weighted by molar-refractivity contribution is 7.21. The molecule has 0 aliphatic carbocycles. The lowest BCUT2D eigenvalue weighted by molar-refractivity contribution is -0.150. The molecule has 0 N–H and O–H groups in total. The maximum absolute atomic E-state index is 12.4. The van der Waals surface area contributed by atoms with Crippen molar-refractivity contribution in [1.82, 2.24) is 9.97 Å². The number of anilines is 1. The first kappa shape index (κ1) is 15.8. The lowest BCUT2D eigenvalue weighted by atomic mass is 9.95. The van der Waals surface area contributed by atoms with Gasteiger partial charge >= 0.3 is 5.97 Å². The van der Waals surface area contributed by atoms with Crippen LogP contribution in [0.3, 0.4) is 0 Å². The van der Waals surface area contributed by atoms with Crippen LogP contribution in [0.2, 0.25) is 0 Å². The van der Waals surface area contributed by atoms with Gasteiger partial charge in [0.2, 0.25) is 0 Å². The zero-order valence-electron chi connectivity index (χ0n) is 14.5. The summed E-state index contributed by atoms with van der Waals surface area (Å²) in [6, 6.07) is 12.3. The number of thiophene rings is 1. The van der Waals surface area contributed by atoms with Crippen molar-refractivity contribution in [3.8, 4) is 10.4 Å². The highest BCUT2D eigenvalue weighted by Gasteiger charge is 2.44. The molecule has 132 valence electrons. The summed E-state index contributed by atoms with van der Waals surface area (Å²) in [6.45, 7) is 3.30. The minimum absolute atomic E-state index is 0.110. The van der Waals surface area contributed by atoms with Crippen LogP contribution in [0, 0.1) is 12.8 Å². The molecule has 2 aromatic heterocycles. The van der Waals surface area contributed by atoms with Crippen LogP contribution >= 0.6 is 11.3 Å². The minimum Gasteiger partial charge on any atom is -0.464 e. The fraction of sp³-hybridized carbons (Fsp3) is 0.350. The third kappa shape index (κ3) is 2.48. The monoisotopic (exact) mass is 365 g/mol. The molecule has 2 fully saturated rings. The molecule has 0 radical (unpaired) electrons. The van der Waals surface area contributed by atoms with Crippen LogP contribution in [0.15, 0.2) is 36.4 Å². The van der Waals surface area contributed by atoms with Crippen LogP contribution < -0.4 is 4.90 Å². The first-order valence-corrected chi connectivity index (χ1v) is 9.79. The number of aryl methyl sites for hydroxylation is 1. The molecule has 0 spiro atoms. The van der Waals surface area contributed by atoms with Crippen molar-refractivity contribution < 1.29 is 9.53 Å². The molecule has 2 saturated heterocycles. The smallest absolute Gasteiger partial charge is 0.329 e. The molecule has 0 saturated carbocycles. The van der Waals surface area contributed by atoms with Crippen molar-refractivity contribution >= 4 is 33.3 Å². The van der Waals surface area contributed by atoms with Gasteiger partial charge in [-0.05, 0) is 37.3 Å². The van der Waals surface area contributed by atoms with E-state index in [1.807, 2.05) is 25.1 Å². The minimum atomic E-state index is -0.207. The molecular formula is C20H19N3O2S. The number of cyclic esters (lactones) is 1. The van der Waals surface area contributed by atoms with Gasteiger partial charge in [0.15, 0.2) is 0 Å². The van der Waals surface area contributed by atoms with E-state index in [0.29, 0.717) is 12.5 Å². The van der Waals surface area contributed by atoms with Crippen molar-refractivity contribution in [3.05, 3.63) is 42.2 Å². The molecule has 0 amide bonds. The van der Waals surface area contributed by atoms with E-state index >= 15 is 0 Å². The van der Waals surface area contributed by atoms with Crippen LogP contribution in [0.25, 0.3) is 20.7 Å². The first-order chi connectivity index (χ1) is 12.7. The Labute approximate surface area is 155 Å². The second kappa shape index (κ2) is 6.06. The molecule has 5 nitrogen and oxygen atoms in total. The maximum Gasteiger partial charge on any atom is 0.329 e. The van der Waals surface area contributed by atoms with E-state index < -0.39 is 0 Å². The van der Waals surface area contributed by atoms with Crippen molar-refractivity contribution in [2.24, 2.45) is 5.92 Å². The molecule has 3 aromatic rings. The van der Waals surface area contributed by atoms with Crippen LogP contribution in [0.1, 0.15) is 18.7 Å². The van der Waals surface area contributed by atoms with Crippen molar-refractivity contribution in [2.75, 3.05) is 18.1 Å². The van der Waals surface area contributed by atoms with E-state index in [9.17, 15) is 4.79 Å².